The standard InChI is InChI=1S/C8H12O2/c1-6(9)5-8(10-2)7-3-4-7/h5,7H,3-4H2,1-2H3/b8-5+. The smallest absolute Gasteiger partial charge is 0.155 e. The van der Waals surface area contributed by atoms with Crippen molar-refractivity contribution >= 4 is 5.78 Å². The first-order chi connectivity index (χ1) is 4.74. The Morgan fingerprint density at radius 3 is 2.50 bits per heavy atom. The molecule has 0 bridgehead atoms. The summed E-state index contributed by atoms with van der Waals surface area (Å²) < 4.78 is 5.03. The number of rotatable bonds is 3. The molecule has 0 heterocycles. The fourth-order valence-electron chi connectivity index (χ4n) is 0.912. The predicted octanol–water partition coefficient (Wildman–Crippen LogP) is 1.52. The van der Waals surface area contributed by atoms with E-state index in [9.17, 15) is 4.79 Å². The summed E-state index contributed by atoms with van der Waals surface area (Å²) >= 11 is 0. The summed E-state index contributed by atoms with van der Waals surface area (Å²) in [5.74, 6) is 1.46. The number of methoxy groups -OCH3 is 1. The van der Waals surface area contributed by atoms with Gasteiger partial charge in [0, 0.05) is 12.0 Å². The van der Waals surface area contributed by atoms with E-state index in [1.54, 1.807) is 20.1 Å². The van der Waals surface area contributed by atoms with Crippen LogP contribution in [0, 0.1) is 5.92 Å². The van der Waals surface area contributed by atoms with E-state index in [2.05, 4.69) is 0 Å². The summed E-state index contributed by atoms with van der Waals surface area (Å²) in [5, 5.41) is 0. The Morgan fingerprint density at radius 1 is 1.60 bits per heavy atom. The van der Waals surface area contributed by atoms with E-state index in [4.69, 9.17) is 4.74 Å². The fraction of sp³-hybridized carbons (Fsp3) is 0.625. The molecule has 10 heavy (non-hydrogen) atoms. The van der Waals surface area contributed by atoms with Crippen molar-refractivity contribution in [3.8, 4) is 0 Å². The van der Waals surface area contributed by atoms with Crippen LogP contribution in [0.1, 0.15) is 19.8 Å². The second-order valence-electron chi connectivity index (χ2n) is 2.64. The maximum atomic E-state index is 10.6. The van der Waals surface area contributed by atoms with Gasteiger partial charge >= 0.3 is 0 Å². The highest BCUT2D eigenvalue weighted by Gasteiger charge is 2.26. The third-order valence-corrected chi connectivity index (χ3v) is 1.56. The lowest BCUT2D eigenvalue weighted by atomic mass is 10.3. The van der Waals surface area contributed by atoms with Crippen molar-refractivity contribution in [3.05, 3.63) is 11.8 Å². The topological polar surface area (TPSA) is 26.3 Å². The molecule has 0 aromatic carbocycles. The number of allylic oxidation sites excluding steroid dienone is 2. The van der Waals surface area contributed by atoms with Gasteiger partial charge in [0.25, 0.3) is 0 Å². The fourth-order valence-corrected chi connectivity index (χ4v) is 0.912. The minimum absolute atomic E-state index is 0.0729. The van der Waals surface area contributed by atoms with Gasteiger partial charge in [0.05, 0.1) is 7.11 Å². The highest BCUT2D eigenvalue weighted by molar-refractivity contribution is 5.87. The van der Waals surface area contributed by atoms with Gasteiger partial charge in [0.1, 0.15) is 5.76 Å². The second kappa shape index (κ2) is 2.86. The summed E-state index contributed by atoms with van der Waals surface area (Å²) in [4.78, 5) is 10.6. The van der Waals surface area contributed by atoms with E-state index in [0.717, 1.165) is 5.76 Å². The van der Waals surface area contributed by atoms with Gasteiger partial charge in [0.2, 0.25) is 0 Å². The Balaban J connectivity index is 2.53. The third kappa shape index (κ3) is 1.87. The van der Waals surface area contributed by atoms with E-state index in [0.29, 0.717) is 5.92 Å². The Kier molecular flexibility index (Phi) is 2.10. The van der Waals surface area contributed by atoms with E-state index >= 15 is 0 Å². The molecule has 0 aromatic heterocycles. The van der Waals surface area contributed by atoms with Gasteiger partial charge in [-0.3, -0.25) is 4.79 Å². The molecule has 1 fully saturated rings. The van der Waals surface area contributed by atoms with Crippen LogP contribution in [0.5, 0.6) is 0 Å². The minimum Gasteiger partial charge on any atom is -0.501 e. The summed E-state index contributed by atoms with van der Waals surface area (Å²) in [6.45, 7) is 1.54. The van der Waals surface area contributed by atoms with Crippen molar-refractivity contribution in [2.45, 2.75) is 19.8 Å². The molecule has 56 valence electrons. The zero-order valence-electron chi connectivity index (χ0n) is 6.39. The highest BCUT2D eigenvalue weighted by atomic mass is 16.5. The lowest BCUT2D eigenvalue weighted by Crippen LogP contribution is -1.93. The quantitative estimate of drug-likeness (QED) is 0.439. The van der Waals surface area contributed by atoms with Crippen molar-refractivity contribution in [2.75, 3.05) is 7.11 Å². The first-order valence-corrected chi connectivity index (χ1v) is 3.50. The first-order valence-electron chi connectivity index (χ1n) is 3.50. The van der Waals surface area contributed by atoms with Gasteiger partial charge in [-0.1, -0.05) is 0 Å². The van der Waals surface area contributed by atoms with Gasteiger partial charge in [-0.05, 0) is 19.8 Å². The number of carbonyl (C=O) groups excluding carboxylic acids is 1. The third-order valence-electron chi connectivity index (χ3n) is 1.56. The number of hydrogen-bond donors (Lipinski definition) is 0. The number of ketones is 1. The van der Waals surface area contributed by atoms with Crippen LogP contribution in [-0.2, 0) is 9.53 Å². The maximum Gasteiger partial charge on any atom is 0.155 e. The normalized spacial score (nSPS) is 18.8. The summed E-state index contributed by atoms with van der Waals surface area (Å²) in [6, 6.07) is 0. The lowest BCUT2D eigenvalue weighted by molar-refractivity contribution is -0.112. The summed E-state index contributed by atoms with van der Waals surface area (Å²) in [5.41, 5.74) is 0. The number of hydrogen-bond acceptors (Lipinski definition) is 2. The lowest BCUT2D eigenvalue weighted by Gasteiger charge is -2.00. The molecule has 0 amide bonds. The molecular formula is C8H12O2. The van der Waals surface area contributed by atoms with E-state index in [1.165, 1.54) is 12.8 Å². The van der Waals surface area contributed by atoms with Crippen LogP contribution in [0.4, 0.5) is 0 Å². The van der Waals surface area contributed by atoms with Gasteiger partial charge in [-0.15, -0.1) is 0 Å². The van der Waals surface area contributed by atoms with Crippen molar-refractivity contribution in [1.82, 2.24) is 0 Å². The Bertz CT molecular complexity index is 166. The van der Waals surface area contributed by atoms with Gasteiger partial charge < -0.3 is 4.74 Å². The molecule has 1 saturated carbocycles. The zero-order valence-corrected chi connectivity index (χ0v) is 6.39. The molecular weight excluding hydrogens is 128 g/mol. The molecule has 0 aromatic rings. The Labute approximate surface area is 60.9 Å². The van der Waals surface area contributed by atoms with Gasteiger partial charge in [-0.2, -0.15) is 0 Å². The molecule has 0 spiro atoms. The average molecular weight is 140 g/mol. The zero-order chi connectivity index (χ0) is 7.56. The van der Waals surface area contributed by atoms with Gasteiger partial charge in [-0.25, -0.2) is 0 Å². The molecule has 2 nitrogen and oxygen atoms in total. The van der Waals surface area contributed by atoms with Crippen LogP contribution in [0.2, 0.25) is 0 Å². The summed E-state index contributed by atoms with van der Waals surface area (Å²) in [6.07, 6.45) is 3.93. The van der Waals surface area contributed by atoms with Crippen molar-refractivity contribution < 1.29 is 9.53 Å². The number of ether oxygens (including phenoxy) is 1. The molecule has 1 rings (SSSR count). The van der Waals surface area contributed by atoms with Crippen LogP contribution >= 0.6 is 0 Å². The minimum atomic E-state index is 0.0729. The van der Waals surface area contributed by atoms with Gasteiger partial charge in [0.15, 0.2) is 5.78 Å². The monoisotopic (exact) mass is 140 g/mol. The molecule has 0 unspecified atom stereocenters. The molecule has 0 radical (unpaired) electrons. The largest absolute Gasteiger partial charge is 0.501 e. The van der Waals surface area contributed by atoms with E-state index in [-0.39, 0.29) is 5.78 Å². The van der Waals surface area contributed by atoms with E-state index < -0.39 is 0 Å². The predicted molar refractivity (Wildman–Crippen MR) is 38.5 cm³/mol. The second-order valence-corrected chi connectivity index (χ2v) is 2.64. The van der Waals surface area contributed by atoms with Crippen LogP contribution in [0.3, 0.4) is 0 Å². The first kappa shape index (κ1) is 7.32. The average Bonchev–Trinajstić information content (AvgIpc) is 2.63. The van der Waals surface area contributed by atoms with Crippen LogP contribution in [0.25, 0.3) is 0 Å². The van der Waals surface area contributed by atoms with Crippen molar-refractivity contribution in [1.29, 1.82) is 0 Å². The SMILES string of the molecule is CO/C(=C/C(C)=O)C1CC1. The Hall–Kier alpha value is -0.790. The highest BCUT2D eigenvalue weighted by Crippen LogP contribution is 2.36. The molecule has 0 atom stereocenters. The molecule has 2 heteroatoms. The molecule has 0 N–H and O–H groups in total. The molecule has 0 aliphatic heterocycles. The van der Waals surface area contributed by atoms with Crippen molar-refractivity contribution in [2.24, 2.45) is 5.92 Å². The Morgan fingerprint density at radius 2 is 2.20 bits per heavy atom. The van der Waals surface area contributed by atoms with Crippen LogP contribution in [-0.4, -0.2) is 12.9 Å². The van der Waals surface area contributed by atoms with Crippen LogP contribution < -0.4 is 0 Å². The number of carbonyl (C=O) groups is 1. The van der Waals surface area contributed by atoms with E-state index in [1.807, 2.05) is 0 Å². The molecule has 1 aliphatic carbocycles. The molecule has 0 saturated heterocycles. The van der Waals surface area contributed by atoms with Crippen LogP contribution in [0.15, 0.2) is 11.8 Å². The summed E-state index contributed by atoms with van der Waals surface area (Å²) in [7, 11) is 1.62. The molecule has 1 aliphatic rings. The maximum absolute atomic E-state index is 10.6. The van der Waals surface area contributed by atoms with Crippen molar-refractivity contribution in [3.63, 3.8) is 0 Å².